The zero-order valence-electron chi connectivity index (χ0n) is 10.4. The summed E-state index contributed by atoms with van der Waals surface area (Å²) in [5, 5.41) is 0. The normalized spacial score (nSPS) is 16.4. The molecular weight excluding hydrogens is 248 g/mol. The number of anilines is 1. The van der Waals surface area contributed by atoms with E-state index in [1.165, 1.54) is 19.3 Å². The van der Waals surface area contributed by atoms with Crippen LogP contribution in [0.5, 0.6) is 0 Å². The van der Waals surface area contributed by atoms with Crippen LogP contribution in [0.1, 0.15) is 31.2 Å². The van der Waals surface area contributed by atoms with Crippen LogP contribution in [0.3, 0.4) is 0 Å². The fraction of sp³-hybridized carbons (Fsp3) is 0.538. The van der Waals surface area contributed by atoms with Crippen molar-refractivity contribution in [1.82, 2.24) is 4.72 Å². The quantitative estimate of drug-likeness (QED) is 0.774. The summed E-state index contributed by atoms with van der Waals surface area (Å²) in [6.45, 7) is 0.558. The number of nitrogens with one attached hydrogen (secondary N) is 1. The van der Waals surface area contributed by atoms with E-state index in [1.807, 2.05) is 0 Å². The molecule has 18 heavy (non-hydrogen) atoms. The van der Waals surface area contributed by atoms with Crippen molar-refractivity contribution in [2.75, 3.05) is 12.3 Å². The molecule has 1 fully saturated rings. The van der Waals surface area contributed by atoms with Gasteiger partial charge in [-0.05, 0) is 30.0 Å². The summed E-state index contributed by atoms with van der Waals surface area (Å²) in [5.41, 5.74) is 6.97. The number of rotatable bonds is 6. The zero-order chi connectivity index (χ0) is 13.0. The Hall–Kier alpha value is -1.07. The maximum absolute atomic E-state index is 11.8. The van der Waals surface area contributed by atoms with Crippen LogP contribution >= 0.6 is 0 Å². The lowest BCUT2D eigenvalue weighted by atomic mass is 9.83. The van der Waals surface area contributed by atoms with E-state index in [0.29, 0.717) is 12.2 Å². The molecule has 4 nitrogen and oxygen atoms in total. The van der Waals surface area contributed by atoms with Crippen LogP contribution < -0.4 is 10.5 Å². The summed E-state index contributed by atoms with van der Waals surface area (Å²) in [4.78, 5) is 0. The predicted octanol–water partition coefficient (Wildman–Crippen LogP) is 1.88. The van der Waals surface area contributed by atoms with Gasteiger partial charge in [-0.1, -0.05) is 31.4 Å². The van der Waals surface area contributed by atoms with Crippen LogP contribution in [-0.4, -0.2) is 15.0 Å². The SMILES string of the molecule is Nc1ccc(CS(=O)(=O)NCCC2CCC2)cc1. The Morgan fingerprint density at radius 1 is 1.22 bits per heavy atom. The van der Waals surface area contributed by atoms with Crippen LogP contribution in [0.4, 0.5) is 5.69 Å². The van der Waals surface area contributed by atoms with Crippen molar-refractivity contribution in [3.8, 4) is 0 Å². The molecule has 0 unspecified atom stereocenters. The van der Waals surface area contributed by atoms with Crippen LogP contribution in [0.15, 0.2) is 24.3 Å². The second-order valence-electron chi connectivity index (χ2n) is 4.98. The number of nitrogen functional groups attached to an aromatic ring is 1. The van der Waals surface area contributed by atoms with Crippen LogP contribution in [0, 0.1) is 5.92 Å². The molecule has 3 N–H and O–H groups in total. The summed E-state index contributed by atoms with van der Waals surface area (Å²) in [5.74, 6) is 0.752. The average molecular weight is 268 g/mol. The van der Waals surface area contributed by atoms with Gasteiger partial charge >= 0.3 is 0 Å². The smallest absolute Gasteiger partial charge is 0.215 e. The Balaban J connectivity index is 1.80. The highest BCUT2D eigenvalue weighted by molar-refractivity contribution is 7.88. The van der Waals surface area contributed by atoms with Gasteiger partial charge in [-0.15, -0.1) is 0 Å². The summed E-state index contributed by atoms with van der Waals surface area (Å²) >= 11 is 0. The minimum atomic E-state index is -3.22. The molecule has 0 saturated heterocycles. The van der Waals surface area contributed by atoms with Crippen molar-refractivity contribution in [1.29, 1.82) is 0 Å². The third kappa shape index (κ3) is 3.99. The minimum absolute atomic E-state index is 0.0257. The molecule has 1 aromatic rings. The highest BCUT2D eigenvalue weighted by atomic mass is 32.2. The van der Waals surface area contributed by atoms with E-state index in [0.717, 1.165) is 17.9 Å². The molecule has 0 amide bonds. The summed E-state index contributed by atoms with van der Waals surface area (Å²) in [7, 11) is -3.22. The van der Waals surface area contributed by atoms with Gasteiger partial charge in [0.1, 0.15) is 0 Å². The standard InChI is InChI=1S/C13H20N2O2S/c14-13-6-4-12(5-7-13)10-18(16,17)15-9-8-11-2-1-3-11/h4-7,11,15H,1-3,8-10,14H2. The molecule has 1 aliphatic carbocycles. The molecular formula is C13H20N2O2S. The van der Waals surface area contributed by atoms with Gasteiger partial charge in [0.05, 0.1) is 5.75 Å². The molecule has 0 spiro atoms. The van der Waals surface area contributed by atoms with Gasteiger partial charge in [0, 0.05) is 12.2 Å². The Kier molecular flexibility index (Phi) is 4.24. The Labute approximate surface area is 109 Å². The third-order valence-electron chi connectivity index (χ3n) is 3.44. The Morgan fingerprint density at radius 3 is 2.44 bits per heavy atom. The Morgan fingerprint density at radius 2 is 1.89 bits per heavy atom. The van der Waals surface area contributed by atoms with E-state index in [-0.39, 0.29) is 5.75 Å². The number of nitrogens with two attached hydrogens (primary N) is 1. The molecule has 0 bridgehead atoms. The monoisotopic (exact) mass is 268 g/mol. The summed E-state index contributed by atoms with van der Waals surface area (Å²) in [6, 6.07) is 6.94. The predicted molar refractivity (Wildman–Crippen MR) is 73.4 cm³/mol. The minimum Gasteiger partial charge on any atom is -0.399 e. The van der Waals surface area contributed by atoms with Gasteiger partial charge in [0.15, 0.2) is 0 Å². The molecule has 0 atom stereocenters. The highest BCUT2D eigenvalue weighted by Gasteiger charge is 2.18. The third-order valence-corrected chi connectivity index (χ3v) is 4.79. The van der Waals surface area contributed by atoms with Crippen molar-refractivity contribution in [2.24, 2.45) is 5.92 Å². The first kappa shape index (κ1) is 13.4. The second-order valence-corrected chi connectivity index (χ2v) is 6.79. The fourth-order valence-electron chi connectivity index (χ4n) is 2.08. The highest BCUT2D eigenvalue weighted by Crippen LogP contribution is 2.28. The Bertz CT molecular complexity index is 478. The largest absolute Gasteiger partial charge is 0.399 e. The van der Waals surface area contributed by atoms with Gasteiger partial charge in [0.2, 0.25) is 10.0 Å². The topological polar surface area (TPSA) is 72.2 Å². The first-order valence-corrected chi connectivity index (χ1v) is 8.02. The summed E-state index contributed by atoms with van der Waals surface area (Å²) in [6.07, 6.45) is 4.75. The van der Waals surface area contributed by atoms with Crippen molar-refractivity contribution in [2.45, 2.75) is 31.4 Å². The lowest BCUT2D eigenvalue weighted by Gasteiger charge is -2.25. The lowest BCUT2D eigenvalue weighted by Crippen LogP contribution is -2.28. The molecule has 1 aliphatic rings. The van der Waals surface area contributed by atoms with Gasteiger partial charge in [-0.3, -0.25) is 0 Å². The maximum Gasteiger partial charge on any atom is 0.215 e. The van der Waals surface area contributed by atoms with E-state index in [9.17, 15) is 8.42 Å². The van der Waals surface area contributed by atoms with Crippen molar-refractivity contribution < 1.29 is 8.42 Å². The van der Waals surface area contributed by atoms with Crippen molar-refractivity contribution >= 4 is 15.7 Å². The molecule has 0 aliphatic heterocycles. The lowest BCUT2D eigenvalue weighted by molar-refractivity contribution is 0.297. The number of hydrogen-bond acceptors (Lipinski definition) is 3. The number of benzene rings is 1. The molecule has 1 saturated carbocycles. The van der Waals surface area contributed by atoms with Gasteiger partial charge in [-0.2, -0.15) is 0 Å². The number of sulfonamides is 1. The number of hydrogen-bond donors (Lipinski definition) is 2. The fourth-order valence-corrected chi connectivity index (χ4v) is 3.25. The average Bonchev–Trinajstić information content (AvgIpc) is 2.25. The first-order valence-electron chi connectivity index (χ1n) is 6.37. The van der Waals surface area contributed by atoms with Gasteiger partial charge < -0.3 is 5.73 Å². The van der Waals surface area contributed by atoms with E-state index >= 15 is 0 Å². The molecule has 1 aromatic carbocycles. The van der Waals surface area contributed by atoms with E-state index in [4.69, 9.17) is 5.73 Å². The van der Waals surface area contributed by atoms with Crippen LogP contribution in [-0.2, 0) is 15.8 Å². The molecule has 0 aromatic heterocycles. The molecule has 0 heterocycles. The van der Waals surface area contributed by atoms with E-state index in [1.54, 1.807) is 24.3 Å². The van der Waals surface area contributed by atoms with E-state index < -0.39 is 10.0 Å². The summed E-state index contributed by atoms with van der Waals surface area (Å²) < 4.78 is 26.3. The van der Waals surface area contributed by atoms with Crippen LogP contribution in [0.25, 0.3) is 0 Å². The first-order chi connectivity index (χ1) is 8.55. The molecule has 5 heteroatoms. The van der Waals surface area contributed by atoms with Crippen LogP contribution in [0.2, 0.25) is 0 Å². The maximum atomic E-state index is 11.8. The zero-order valence-corrected chi connectivity index (χ0v) is 11.2. The molecule has 0 radical (unpaired) electrons. The van der Waals surface area contributed by atoms with E-state index in [2.05, 4.69) is 4.72 Å². The molecule has 100 valence electrons. The van der Waals surface area contributed by atoms with Crippen molar-refractivity contribution in [3.05, 3.63) is 29.8 Å². The second kappa shape index (κ2) is 5.71. The molecule has 2 rings (SSSR count). The van der Waals surface area contributed by atoms with Crippen molar-refractivity contribution in [3.63, 3.8) is 0 Å². The van der Waals surface area contributed by atoms with Gasteiger partial charge in [0.25, 0.3) is 0 Å². The van der Waals surface area contributed by atoms with Gasteiger partial charge in [-0.25, -0.2) is 13.1 Å².